The van der Waals surface area contributed by atoms with Crippen LogP contribution in [0.1, 0.15) is 30.5 Å². The lowest BCUT2D eigenvalue weighted by Gasteiger charge is -2.26. The molecule has 2 rings (SSSR count). The molecular formula is C14H18N2S. The molecule has 2 aromatic rings. The number of nitrogens with zero attached hydrogens (tertiary/aromatic N) is 2. The topological polar surface area (TPSA) is 16.1 Å². The van der Waals surface area contributed by atoms with Crippen molar-refractivity contribution in [1.29, 1.82) is 0 Å². The lowest BCUT2D eigenvalue weighted by Crippen LogP contribution is -2.23. The minimum absolute atomic E-state index is 0.448. The van der Waals surface area contributed by atoms with Crippen molar-refractivity contribution in [2.24, 2.45) is 0 Å². The van der Waals surface area contributed by atoms with Crippen LogP contribution in [-0.2, 0) is 6.54 Å². The molecule has 0 radical (unpaired) electrons. The van der Waals surface area contributed by atoms with Gasteiger partial charge in [0, 0.05) is 25.0 Å². The average Bonchev–Trinajstić information content (AvgIpc) is 2.84. The minimum Gasteiger partial charge on any atom is -0.295 e. The molecule has 0 aliphatic heterocycles. The van der Waals surface area contributed by atoms with Crippen molar-refractivity contribution in [3.05, 3.63) is 52.5 Å². The fraction of sp³-hybridized carbons (Fsp3) is 0.357. The highest BCUT2D eigenvalue weighted by Gasteiger charge is 2.15. The summed E-state index contributed by atoms with van der Waals surface area (Å²) in [5.41, 5.74) is 2.69. The van der Waals surface area contributed by atoms with Crippen molar-refractivity contribution in [2.45, 2.75) is 25.9 Å². The summed E-state index contributed by atoms with van der Waals surface area (Å²) in [5, 5.41) is 4.35. The number of hydrogen-bond acceptors (Lipinski definition) is 3. The van der Waals surface area contributed by atoms with Crippen LogP contribution in [0, 0.1) is 0 Å². The van der Waals surface area contributed by atoms with Crippen LogP contribution in [0.5, 0.6) is 0 Å². The zero-order valence-electron chi connectivity index (χ0n) is 10.3. The molecule has 2 nitrogen and oxygen atoms in total. The van der Waals surface area contributed by atoms with Crippen LogP contribution in [-0.4, -0.2) is 16.9 Å². The smallest absolute Gasteiger partial charge is 0.0361 e. The Morgan fingerprint density at radius 3 is 2.88 bits per heavy atom. The lowest BCUT2D eigenvalue weighted by molar-refractivity contribution is 0.230. The van der Waals surface area contributed by atoms with Gasteiger partial charge in [-0.05, 0) is 47.5 Å². The third-order valence-corrected chi connectivity index (χ3v) is 3.73. The summed E-state index contributed by atoms with van der Waals surface area (Å²) < 4.78 is 0. The Hall–Kier alpha value is -1.19. The second kappa shape index (κ2) is 5.94. The third kappa shape index (κ3) is 3.14. The van der Waals surface area contributed by atoms with E-state index in [9.17, 15) is 0 Å². The molecule has 0 saturated carbocycles. The maximum atomic E-state index is 4.21. The van der Waals surface area contributed by atoms with Gasteiger partial charge in [-0.15, -0.1) is 0 Å². The molecule has 90 valence electrons. The number of thiophene rings is 1. The Morgan fingerprint density at radius 2 is 2.29 bits per heavy atom. The molecule has 0 fully saturated rings. The average molecular weight is 246 g/mol. The fourth-order valence-electron chi connectivity index (χ4n) is 2.16. The maximum Gasteiger partial charge on any atom is 0.0361 e. The van der Waals surface area contributed by atoms with Gasteiger partial charge in [-0.2, -0.15) is 11.3 Å². The van der Waals surface area contributed by atoms with Crippen LogP contribution in [0.4, 0.5) is 0 Å². The highest BCUT2D eigenvalue weighted by atomic mass is 32.1. The summed E-state index contributed by atoms with van der Waals surface area (Å²) in [6, 6.07) is 6.81. The standard InChI is InChI=1S/C14H18N2S/c1-3-14(13-5-4-7-15-9-13)16(2)10-12-6-8-17-11-12/h4-9,11,14H,3,10H2,1-2H3/t14-/m0/s1. The normalized spacial score (nSPS) is 12.9. The SMILES string of the molecule is CC[C@@H](c1cccnc1)N(C)Cc1ccsc1. The first kappa shape index (κ1) is 12.3. The maximum absolute atomic E-state index is 4.21. The summed E-state index contributed by atoms with van der Waals surface area (Å²) >= 11 is 1.76. The first-order valence-electron chi connectivity index (χ1n) is 5.92. The molecule has 0 aromatic carbocycles. The van der Waals surface area contributed by atoms with E-state index in [0.717, 1.165) is 13.0 Å². The second-order valence-electron chi connectivity index (χ2n) is 4.26. The number of aromatic nitrogens is 1. The van der Waals surface area contributed by atoms with Crippen molar-refractivity contribution < 1.29 is 0 Å². The van der Waals surface area contributed by atoms with Gasteiger partial charge in [-0.1, -0.05) is 13.0 Å². The summed E-state index contributed by atoms with van der Waals surface area (Å²) in [6.45, 7) is 3.22. The summed E-state index contributed by atoms with van der Waals surface area (Å²) in [4.78, 5) is 6.60. The molecule has 0 spiro atoms. The van der Waals surface area contributed by atoms with E-state index in [1.165, 1.54) is 11.1 Å². The first-order chi connectivity index (χ1) is 8.31. The molecule has 0 N–H and O–H groups in total. The molecule has 2 aromatic heterocycles. The van der Waals surface area contributed by atoms with E-state index >= 15 is 0 Å². The molecule has 17 heavy (non-hydrogen) atoms. The predicted molar refractivity (Wildman–Crippen MR) is 73.1 cm³/mol. The van der Waals surface area contributed by atoms with Gasteiger partial charge in [0.15, 0.2) is 0 Å². The first-order valence-corrected chi connectivity index (χ1v) is 6.86. The predicted octanol–water partition coefficient (Wildman–Crippen LogP) is 3.73. The van der Waals surface area contributed by atoms with Crippen molar-refractivity contribution in [3.8, 4) is 0 Å². The number of hydrogen-bond donors (Lipinski definition) is 0. The van der Waals surface area contributed by atoms with Gasteiger partial charge in [0.05, 0.1) is 0 Å². The third-order valence-electron chi connectivity index (χ3n) is 3.00. The zero-order valence-corrected chi connectivity index (χ0v) is 11.2. The number of rotatable bonds is 5. The Labute approximate surface area is 107 Å². The molecule has 0 amide bonds. The molecule has 1 atom stereocenters. The molecule has 0 saturated heterocycles. The zero-order chi connectivity index (χ0) is 12.1. The van der Waals surface area contributed by atoms with E-state index in [4.69, 9.17) is 0 Å². The molecule has 2 heterocycles. The van der Waals surface area contributed by atoms with E-state index < -0.39 is 0 Å². The van der Waals surface area contributed by atoms with Crippen molar-refractivity contribution >= 4 is 11.3 Å². The van der Waals surface area contributed by atoms with E-state index in [2.05, 4.69) is 46.7 Å². The Bertz CT molecular complexity index is 425. The molecular weight excluding hydrogens is 228 g/mol. The highest BCUT2D eigenvalue weighted by molar-refractivity contribution is 7.07. The van der Waals surface area contributed by atoms with Gasteiger partial charge in [0.2, 0.25) is 0 Å². The molecule has 0 bridgehead atoms. The van der Waals surface area contributed by atoms with Crippen molar-refractivity contribution in [1.82, 2.24) is 9.88 Å². The van der Waals surface area contributed by atoms with Crippen molar-refractivity contribution in [3.63, 3.8) is 0 Å². The molecule has 0 unspecified atom stereocenters. The van der Waals surface area contributed by atoms with E-state index in [1.54, 1.807) is 11.3 Å². The largest absolute Gasteiger partial charge is 0.295 e. The Kier molecular flexibility index (Phi) is 4.29. The summed E-state index contributed by atoms with van der Waals surface area (Å²) in [7, 11) is 2.18. The minimum atomic E-state index is 0.448. The van der Waals surface area contributed by atoms with Crippen LogP contribution in [0.3, 0.4) is 0 Å². The van der Waals surface area contributed by atoms with Crippen LogP contribution in [0.15, 0.2) is 41.4 Å². The summed E-state index contributed by atoms with van der Waals surface area (Å²) in [6.07, 6.45) is 4.90. The monoisotopic (exact) mass is 246 g/mol. The Morgan fingerprint density at radius 1 is 1.41 bits per heavy atom. The quantitative estimate of drug-likeness (QED) is 0.799. The van der Waals surface area contributed by atoms with Gasteiger partial charge in [0.25, 0.3) is 0 Å². The van der Waals surface area contributed by atoms with Gasteiger partial charge < -0.3 is 0 Å². The van der Waals surface area contributed by atoms with Crippen LogP contribution in [0.2, 0.25) is 0 Å². The fourth-order valence-corrected chi connectivity index (χ4v) is 2.82. The molecule has 0 aliphatic carbocycles. The van der Waals surface area contributed by atoms with Gasteiger partial charge in [-0.3, -0.25) is 9.88 Å². The Balaban J connectivity index is 2.08. The number of pyridine rings is 1. The van der Waals surface area contributed by atoms with Crippen molar-refractivity contribution in [2.75, 3.05) is 7.05 Å². The molecule has 0 aliphatic rings. The summed E-state index contributed by atoms with van der Waals surface area (Å²) in [5.74, 6) is 0. The van der Waals surface area contributed by atoms with Crippen LogP contribution < -0.4 is 0 Å². The molecule has 3 heteroatoms. The lowest BCUT2D eigenvalue weighted by atomic mass is 10.1. The van der Waals surface area contributed by atoms with E-state index in [-0.39, 0.29) is 0 Å². The van der Waals surface area contributed by atoms with Crippen LogP contribution in [0.25, 0.3) is 0 Å². The van der Waals surface area contributed by atoms with E-state index in [0.29, 0.717) is 6.04 Å². The van der Waals surface area contributed by atoms with Gasteiger partial charge in [0.1, 0.15) is 0 Å². The van der Waals surface area contributed by atoms with Gasteiger partial charge in [-0.25, -0.2) is 0 Å². The van der Waals surface area contributed by atoms with Crippen LogP contribution >= 0.6 is 11.3 Å². The highest BCUT2D eigenvalue weighted by Crippen LogP contribution is 2.24. The van der Waals surface area contributed by atoms with Gasteiger partial charge >= 0.3 is 0 Å². The van der Waals surface area contributed by atoms with E-state index in [1.807, 2.05) is 18.5 Å². The second-order valence-corrected chi connectivity index (χ2v) is 5.04.